The van der Waals surface area contributed by atoms with Gasteiger partial charge in [-0.25, -0.2) is 4.98 Å². The molecule has 1 amide bonds. The van der Waals surface area contributed by atoms with Crippen LogP contribution >= 0.6 is 11.3 Å². The Morgan fingerprint density at radius 1 is 1.03 bits per heavy atom. The molecule has 1 aromatic carbocycles. The van der Waals surface area contributed by atoms with Crippen molar-refractivity contribution in [3.8, 4) is 5.82 Å². The maximum absolute atomic E-state index is 13.2. The van der Waals surface area contributed by atoms with Gasteiger partial charge in [0.25, 0.3) is 5.91 Å². The van der Waals surface area contributed by atoms with Gasteiger partial charge in [-0.1, -0.05) is 42.5 Å². The molecule has 5 rings (SSSR count). The highest BCUT2D eigenvalue weighted by molar-refractivity contribution is 7.12. The molecule has 35 heavy (non-hydrogen) atoms. The van der Waals surface area contributed by atoms with Gasteiger partial charge in [0, 0.05) is 37.7 Å². The van der Waals surface area contributed by atoms with Crippen molar-refractivity contribution in [2.24, 2.45) is 5.92 Å². The van der Waals surface area contributed by atoms with E-state index in [4.69, 9.17) is 0 Å². The summed E-state index contributed by atoms with van der Waals surface area (Å²) in [6.07, 6.45) is 6.99. The predicted octanol–water partition coefficient (Wildman–Crippen LogP) is 5.53. The van der Waals surface area contributed by atoms with E-state index in [1.807, 2.05) is 53.9 Å². The van der Waals surface area contributed by atoms with Gasteiger partial charge in [-0.05, 0) is 79.5 Å². The van der Waals surface area contributed by atoms with Gasteiger partial charge >= 0.3 is 0 Å². The van der Waals surface area contributed by atoms with E-state index in [1.165, 1.54) is 22.6 Å². The zero-order valence-corrected chi connectivity index (χ0v) is 21.0. The molecule has 0 bridgehead atoms. The maximum atomic E-state index is 13.2. The Balaban J connectivity index is 1.27. The predicted molar refractivity (Wildman–Crippen MR) is 142 cm³/mol. The molecule has 5 nitrogen and oxygen atoms in total. The van der Waals surface area contributed by atoms with Crippen LogP contribution in [-0.4, -0.2) is 51.4 Å². The standard InChI is InChI=1S/C29H32N4OS/c1-31(29(34)27-12-8-20-35-27)26(21-23-9-3-2-4-10-23)24-14-18-32(19-15-24)22-25-11-7-17-33(25)28-13-5-6-16-30-28/h2-13,16-17,20,24,26H,14-15,18-19,21-22H2,1H3. The molecular weight excluding hydrogens is 452 g/mol. The largest absolute Gasteiger partial charge is 0.337 e. The summed E-state index contributed by atoms with van der Waals surface area (Å²) in [5, 5.41) is 1.98. The van der Waals surface area contributed by atoms with Gasteiger partial charge < -0.3 is 9.47 Å². The molecule has 3 aromatic heterocycles. The van der Waals surface area contributed by atoms with Crippen LogP contribution in [0.4, 0.5) is 0 Å². The minimum Gasteiger partial charge on any atom is -0.337 e. The number of hydrogen-bond acceptors (Lipinski definition) is 4. The van der Waals surface area contributed by atoms with E-state index in [-0.39, 0.29) is 11.9 Å². The molecule has 1 unspecified atom stereocenters. The van der Waals surface area contributed by atoms with E-state index in [1.54, 1.807) is 0 Å². The Morgan fingerprint density at radius 3 is 2.54 bits per heavy atom. The monoisotopic (exact) mass is 484 g/mol. The fourth-order valence-corrected chi connectivity index (χ4v) is 5.90. The lowest BCUT2D eigenvalue weighted by molar-refractivity contribution is 0.0588. The van der Waals surface area contributed by atoms with Crippen molar-refractivity contribution in [1.29, 1.82) is 0 Å². The zero-order valence-electron chi connectivity index (χ0n) is 20.2. The summed E-state index contributed by atoms with van der Waals surface area (Å²) in [5.74, 6) is 1.57. The van der Waals surface area contributed by atoms with E-state index in [0.717, 1.165) is 49.6 Å². The van der Waals surface area contributed by atoms with Crippen LogP contribution < -0.4 is 0 Å². The van der Waals surface area contributed by atoms with E-state index in [9.17, 15) is 4.79 Å². The van der Waals surface area contributed by atoms with Crippen molar-refractivity contribution in [1.82, 2.24) is 19.4 Å². The number of likely N-dealkylation sites (tertiary alicyclic amines) is 1. The first kappa shape index (κ1) is 23.5. The van der Waals surface area contributed by atoms with Crippen LogP contribution in [0.2, 0.25) is 0 Å². The number of carbonyl (C=O) groups is 1. The van der Waals surface area contributed by atoms with Crippen LogP contribution in [-0.2, 0) is 13.0 Å². The summed E-state index contributed by atoms with van der Waals surface area (Å²) >= 11 is 1.52. The Labute approximate surface area is 211 Å². The summed E-state index contributed by atoms with van der Waals surface area (Å²) in [7, 11) is 1.99. The van der Waals surface area contributed by atoms with Gasteiger partial charge in [0.05, 0.1) is 4.88 Å². The summed E-state index contributed by atoms with van der Waals surface area (Å²) in [6, 6.07) is 25.0. The average Bonchev–Trinajstić information content (AvgIpc) is 3.61. The van der Waals surface area contributed by atoms with Crippen molar-refractivity contribution in [2.75, 3.05) is 20.1 Å². The first-order valence-electron chi connectivity index (χ1n) is 12.3. The van der Waals surface area contributed by atoms with Crippen LogP contribution in [0, 0.1) is 5.92 Å². The second-order valence-corrected chi connectivity index (χ2v) is 10.3. The fourth-order valence-electron chi connectivity index (χ4n) is 5.19. The lowest BCUT2D eigenvalue weighted by Gasteiger charge is -2.40. The third-order valence-corrected chi connectivity index (χ3v) is 7.99. The average molecular weight is 485 g/mol. The van der Waals surface area contributed by atoms with Gasteiger partial charge in [0.15, 0.2) is 0 Å². The summed E-state index contributed by atoms with van der Waals surface area (Å²) < 4.78 is 2.18. The number of nitrogens with zero attached hydrogens (tertiary/aromatic N) is 4. The quantitative estimate of drug-likeness (QED) is 0.330. The molecule has 0 radical (unpaired) electrons. The van der Waals surface area contributed by atoms with Gasteiger partial charge in [0.2, 0.25) is 0 Å². The van der Waals surface area contributed by atoms with Crippen LogP contribution in [0.25, 0.3) is 5.82 Å². The molecule has 6 heteroatoms. The first-order chi connectivity index (χ1) is 17.2. The minimum atomic E-state index is 0.136. The maximum Gasteiger partial charge on any atom is 0.263 e. The molecule has 0 saturated carbocycles. The minimum absolute atomic E-state index is 0.136. The van der Waals surface area contributed by atoms with Gasteiger partial charge in [-0.2, -0.15) is 0 Å². The molecule has 1 aliphatic rings. The van der Waals surface area contributed by atoms with E-state index >= 15 is 0 Å². The van der Waals surface area contributed by atoms with E-state index < -0.39 is 0 Å². The number of benzene rings is 1. The van der Waals surface area contributed by atoms with E-state index in [2.05, 4.69) is 63.1 Å². The molecule has 1 atom stereocenters. The molecule has 1 aliphatic heterocycles. The highest BCUT2D eigenvalue weighted by atomic mass is 32.1. The number of carbonyl (C=O) groups excluding carboxylic acids is 1. The van der Waals surface area contributed by atoms with Crippen LogP contribution in [0.3, 0.4) is 0 Å². The lowest BCUT2D eigenvalue weighted by atomic mass is 9.85. The summed E-state index contributed by atoms with van der Waals surface area (Å²) in [6.45, 7) is 2.97. The van der Waals surface area contributed by atoms with E-state index in [0.29, 0.717) is 5.92 Å². The molecular formula is C29H32N4OS. The van der Waals surface area contributed by atoms with Crippen molar-refractivity contribution in [2.45, 2.75) is 31.8 Å². The number of piperidine rings is 1. The number of aromatic nitrogens is 2. The molecule has 180 valence electrons. The molecule has 1 saturated heterocycles. The molecule has 0 aliphatic carbocycles. The van der Waals surface area contributed by atoms with Gasteiger partial charge in [-0.15, -0.1) is 11.3 Å². The molecule has 4 heterocycles. The smallest absolute Gasteiger partial charge is 0.263 e. The number of pyridine rings is 1. The van der Waals surface area contributed by atoms with Gasteiger partial charge in [0.1, 0.15) is 5.82 Å². The van der Waals surface area contributed by atoms with Crippen molar-refractivity contribution >= 4 is 17.2 Å². The SMILES string of the molecule is CN(C(=O)c1cccs1)C(Cc1ccccc1)C1CCN(Cc2cccn2-c2ccccn2)CC1. The Hall–Kier alpha value is -3.22. The Kier molecular flexibility index (Phi) is 7.40. The van der Waals surface area contributed by atoms with Crippen molar-refractivity contribution < 1.29 is 4.79 Å². The second kappa shape index (κ2) is 11.0. The number of amides is 1. The molecule has 0 spiro atoms. The highest BCUT2D eigenvalue weighted by Crippen LogP contribution is 2.29. The number of hydrogen-bond donors (Lipinski definition) is 0. The summed E-state index contributed by atoms with van der Waals surface area (Å²) in [5.41, 5.74) is 2.55. The highest BCUT2D eigenvalue weighted by Gasteiger charge is 2.32. The number of likely N-dealkylation sites (N-methyl/N-ethyl adjacent to an activating group) is 1. The van der Waals surface area contributed by atoms with Crippen molar-refractivity contribution in [3.05, 3.63) is 107 Å². The zero-order chi connectivity index (χ0) is 24.0. The van der Waals surface area contributed by atoms with Crippen LogP contribution in [0.1, 0.15) is 33.8 Å². The molecule has 0 N–H and O–H groups in total. The molecule has 1 fully saturated rings. The molecule has 4 aromatic rings. The lowest BCUT2D eigenvalue weighted by Crippen LogP contribution is -2.47. The van der Waals surface area contributed by atoms with Gasteiger partial charge in [-0.3, -0.25) is 9.69 Å². The normalized spacial score (nSPS) is 15.7. The first-order valence-corrected chi connectivity index (χ1v) is 13.2. The van der Waals surface area contributed by atoms with Crippen LogP contribution in [0.15, 0.2) is 90.6 Å². The number of rotatable bonds is 8. The topological polar surface area (TPSA) is 41.4 Å². The van der Waals surface area contributed by atoms with Crippen LogP contribution in [0.5, 0.6) is 0 Å². The van der Waals surface area contributed by atoms with Crippen molar-refractivity contribution in [3.63, 3.8) is 0 Å². The Bertz CT molecular complexity index is 1200. The second-order valence-electron chi connectivity index (χ2n) is 9.32. The third kappa shape index (κ3) is 5.55. The fraction of sp³-hybridized carbons (Fsp3) is 0.310. The summed E-state index contributed by atoms with van der Waals surface area (Å²) in [4.78, 5) is 23.1. The third-order valence-electron chi connectivity index (χ3n) is 7.13. The number of thiophene rings is 1. The Morgan fingerprint density at radius 2 is 1.83 bits per heavy atom.